The van der Waals surface area contributed by atoms with Crippen LogP contribution in [0, 0.1) is 0 Å². The summed E-state index contributed by atoms with van der Waals surface area (Å²) < 4.78 is 7.58. The third kappa shape index (κ3) is 3.30. The van der Waals surface area contributed by atoms with Gasteiger partial charge in [-0.15, -0.1) is 0 Å². The standard InChI is InChI=1S/C15H21ClN2O/c1-4-17-8-12-10-18(9-11(2)19-3)15-7-13(16)5-6-14(12)15/h5-7,10-11,17H,4,8-9H2,1-3H3. The van der Waals surface area contributed by atoms with E-state index >= 15 is 0 Å². The van der Waals surface area contributed by atoms with E-state index < -0.39 is 0 Å². The van der Waals surface area contributed by atoms with Crippen LogP contribution in [0.25, 0.3) is 10.9 Å². The summed E-state index contributed by atoms with van der Waals surface area (Å²) in [5, 5.41) is 5.40. The molecule has 2 aromatic rings. The lowest BCUT2D eigenvalue weighted by Crippen LogP contribution is -2.14. The number of nitrogens with one attached hydrogen (secondary N) is 1. The van der Waals surface area contributed by atoms with Crippen LogP contribution in [0.3, 0.4) is 0 Å². The van der Waals surface area contributed by atoms with Crippen molar-refractivity contribution in [1.29, 1.82) is 0 Å². The summed E-state index contributed by atoms with van der Waals surface area (Å²) in [5.41, 5.74) is 2.47. The number of aromatic nitrogens is 1. The Balaban J connectivity index is 2.41. The van der Waals surface area contributed by atoms with Crippen LogP contribution in [-0.2, 0) is 17.8 Å². The smallest absolute Gasteiger partial charge is 0.0722 e. The molecule has 3 nitrogen and oxygen atoms in total. The number of fused-ring (bicyclic) bond motifs is 1. The SMILES string of the molecule is CCNCc1cn(CC(C)OC)c2cc(Cl)ccc12. The highest BCUT2D eigenvalue weighted by molar-refractivity contribution is 6.31. The van der Waals surface area contributed by atoms with E-state index in [-0.39, 0.29) is 6.10 Å². The Kier molecular flexibility index (Phi) is 4.86. The van der Waals surface area contributed by atoms with E-state index in [1.54, 1.807) is 7.11 Å². The first-order chi connectivity index (χ1) is 9.15. The van der Waals surface area contributed by atoms with Gasteiger partial charge in [0.1, 0.15) is 0 Å². The molecule has 1 unspecified atom stereocenters. The predicted octanol–water partition coefficient (Wildman–Crippen LogP) is 3.44. The van der Waals surface area contributed by atoms with Gasteiger partial charge in [0.2, 0.25) is 0 Å². The van der Waals surface area contributed by atoms with Crippen molar-refractivity contribution in [2.75, 3.05) is 13.7 Å². The number of hydrogen-bond donors (Lipinski definition) is 1. The number of nitrogens with zero attached hydrogens (tertiary/aromatic N) is 1. The first kappa shape index (κ1) is 14.4. The lowest BCUT2D eigenvalue weighted by atomic mass is 10.2. The Morgan fingerprint density at radius 1 is 1.42 bits per heavy atom. The molecule has 0 spiro atoms. The van der Waals surface area contributed by atoms with Crippen molar-refractivity contribution in [3.63, 3.8) is 0 Å². The lowest BCUT2D eigenvalue weighted by molar-refractivity contribution is 0.104. The van der Waals surface area contributed by atoms with Gasteiger partial charge < -0.3 is 14.6 Å². The van der Waals surface area contributed by atoms with Gasteiger partial charge in [0, 0.05) is 42.3 Å². The molecule has 0 aliphatic heterocycles. The van der Waals surface area contributed by atoms with Gasteiger partial charge in [-0.1, -0.05) is 24.6 Å². The Morgan fingerprint density at radius 3 is 2.89 bits per heavy atom. The van der Waals surface area contributed by atoms with Gasteiger partial charge in [0.05, 0.1) is 6.10 Å². The van der Waals surface area contributed by atoms with Crippen molar-refractivity contribution < 1.29 is 4.74 Å². The van der Waals surface area contributed by atoms with Crippen molar-refractivity contribution in [3.05, 3.63) is 35.0 Å². The van der Waals surface area contributed by atoms with Crippen LogP contribution in [0.2, 0.25) is 5.02 Å². The molecule has 1 aromatic carbocycles. The minimum Gasteiger partial charge on any atom is -0.380 e. The maximum atomic E-state index is 6.11. The van der Waals surface area contributed by atoms with Crippen LogP contribution >= 0.6 is 11.6 Å². The van der Waals surface area contributed by atoms with Crippen molar-refractivity contribution in [2.45, 2.75) is 33.0 Å². The van der Waals surface area contributed by atoms with E-state index in [1.807, 2.05) is 12.1 Å². The molecule has 0 aliphatic rings. The molecule has 0 amide bonds. The first-order valence-electron chi connectivity index (χ1n) is 6.66. The van der Waals surface area contributed by atoms with Gasteiger partial charge in [0.15, 0.2) is 0 Å². The molecule has 104 valence electrons. The maximum absolute atomic E-state index is 6.11. The Hall–Kier alpha value is -1.03. The van der Waals surface area contributed by atoms with Crippen molar-refractivity contribution in [2.24, 2.45) is 0 Å². The van der Waals surface area contributed by atoms with Crippen molar-refractivity contribution >= 4 is 22.5 Å². The Labute approximate surface area is 119 Å². The van der Waals surface area contributed by atoms with Crippen LogP contribution in [-0.4, -0.2) is 24.3 Å². The average molecular weight is 281 g/mol. The highest BCUT2D eigenvalue weighted by atomic mass is 35.5. The summed E-state index contributed by atoms with van der Waals surface area (Å²) in [5.74, 6) is 0. The zero-order valence-corrected chi connectivity index (χ0v) is 12.5. The third-order valence-corrected chi connectivity index (χ3v) is 3.58. The fourth-order valence-corrected chi connectivity index (χ4v) is 2.41. The average Bonchev–Trinajstić information content (AvgIpc) is 2.73. The normalized spacial score (nSPS) is 13.1. The minimum atomic E-state index is 0.182. The molecule has 0 bridgehead atoms. The summed E-state index contributed by atoms with van der Waals surface area (Å²) in [4.78, 5) is 0. The summed E-state index contributed by atoms with van der Waals surface area (Å²) >= 11 is 6.11. The summed E-state index contributed by atoms with van der Waals surface area (Å²) in [6.07, 6.45) is 2.38. The van der Waals surface area contributed by atoms with Crippen LogP contribution in [0.4, 0.5) is 0 Å². The van der Waals surface area contributed by atoms with Gasteiger partial charge in [-0.25, -0.2) is 0 Å². The molecule has 0 fully saturated rings. The predicted molar refractivity (Wildman–Crippen MR) is 80.8 cm³/mol. The van der Waals surface area contributed by atoms with Gasteiger partial charge in [-0.2, -0.15) is 0 Å². The van der Waals surface area contributed by atoms with E-state index in [9.17, 15) is 0 Å². The fraction of sp³-hybridized carbons (Fsp3) is 0.467. The van der Waals surface area contributed by atoms with Gasteiger partial charge in [-0.3, -0.25) is 0 Å². The summed E-state index contributed by atoms with van der Waals surface area (Å²) in [7, 11) is 1.74. The third-order valence-electron chi connectivity index (χ3n) is 3.35. The van der Waals surface area contributed by atoms with Gasteiger partial charge in [-0.05, 0) is 31.2 Å². The number of hydrogen-bond acceptors (Lipinski definition) is 2. The molecule has 0 saturated heterocycles. The zero-order chi connectivity index (χ0) is 13.8. The largest absolute Gasteiger partial charge is 0.380 e. The molecule has 1 atom stereocenters. The molecule has 1 N–H and O–H groups in total. The van der Waals surface area contributed by atoms with Crippen LogP contribution in [0.1, 0.15) is 19.4 Å². The molecule has 1 aromatic heterocycles. The quantitative estimate of drug-likeness (QED) is 0.877. The molecule has 19 heavy (non-hydrogen) atoms. The van der Waals surface area contributed by atoms with Crippen molar-refractivity contribution in [1.82, 2.24) is 9.88 Å². The molecular weight excluding hydrogens is 260 g/mol. The molecule has 2 rings (SSSR count). The molecule has 0 aliphatic carbocycles. The fourth-order valence-electron chi connectivity index (χ4n) is 2.24. The molecule has 0 radical (unpaired) electrons. The van der Waals surface area contributed by atoms with E-state index in [0.29, 0.717) is 0 Å². The highest BCUT2D eigenvalue weighted by Gasteiger charge is 2.10. The molecule has 1 heterocycles. The van der Waals surface area contributed by atoms with E-state index in [4.69, 9.17) is 16.3 Å². The minimum absolute atomic E-state index is 0.182. The van der Waals surface area contributed by atoms with E-state index in [0.717, 1.165) is 24.7 Å². The topological polar surface area (TPSA) is 26.2 Å². The lowest BCUT2D eigenvalue weighted by Gasteiger charge is -2.11. The number of halogens is 1. The number of rotatable bonds is 6. The molecule has 0 saturated carbocycles. The van der Waals surface area contributed by atoms with Gasteiger partial charge in [0.25, 0.3) is 0 Å². The van der Waals surface area contributed by atoms with Gasteiger partial charge >= 0.3 is 0 Å². The monoisotopic (exact) mass is 280 g/mol. The number of ether oxygens (including phenoxy) is 1. The zero-order valence-electron chi connectivity index (χ0n) is 11.7. The molecule has 4 heteroatoms. The van der Waals surface area contributed by atoms with Crippen LogP contribution < -0.4 is 5.32 Å². The maximum Gasteiger partial charge on any atom is 0.0722 e. The van der Waals surface area contributed by atoms with Crippen LogP contribution in [0.15, 0.2) is 24.4 Å². The Bertz CT molecular complexity index is 550. The Morgan fingerprint density at radius 2 is 2.21 bits per heavy atom. The second-order valence-electron chi connectivity index (χ2n) is 4.79. The summed E-state index contributed by atoms with van der Waals surface area (Å²) in [6.45, 7) is 6.86. The van der Waals surface area contributed by atoms with E-state index in [1.165, 1.54) is 16.5 Å². The summed E-state index contributed by atoms with van der Waals surface area (Å²) in [6, 6.07) is 6.07. The van der Waals surface area contributed by atoms with Crippen molar-refractivity contribution in [3.8, 4) is 0 Å². The molecular formula is C15H21ClN2O. The second-order valence-corrected chi connectivity index (χ2v) is 5.23. The van der Waals surface area contributed by atoms with E-state index in [2.05, 4.69) is 36.0 Å². The first-order valence-corrected chi connectivity index (χ1v) is 7.04. The number of benzene rings is 1. The number of methoxy groups -OCH3 is 1. The van der Waals surface area contributed by atoms with Crippen LogP contribution in [0.5, 0.6) is 0 Å². The second kappa shape index (κ2) is 6.42. The highest BCUT2D eigenvalue weighted by Crippen LogP contribution is 2.25.